The lowest BCUT2D eigenvalue weighted by Crippen LogP contribution is -2.38. The van der Waals surface area contributed by atoms with Crippen molar-refractivity contribution in [1.29, 1.82) is 0 Å². The van der Waals surface area contributed by atoms with Gasteiger partial charge in [0, 0.05) is 19.8 Å². The lowest BCUT2D eigenvalue weighted by atomic mass is 10.1. The fourth-order valence-electron chi connectivity index (χ4n) is 3.14. The lowest BCUT2D eigenvalue weighted by Gasteiger charge is -2.18. The number of hydrogen-bond donors (Lipinski definition) is 1. The molecule has 2 amide bonds. The van der Waals surface area contributed by atoms with Crippen molar-refractivity contribution in [2.45, 2.75) is 20.4 Å². The molecule has 0 spiro atoms. The van der Waals surface area contributed by atoms with E-state index in [1.54, 1.807) is 20.2 Å². The van der Waals surface area contributed by atoms with E-state index in [-0.39, 0.29) is 30.6 Å². The molecule has 0 bridgehead atoms. The highest BCUT2D eigenvalue weighted by Gasteiger charge is 2.18. The van der Waals surface area contributed by atoms with E-state index in [2.05, 4.69) is 5.32 Å². The van der Waals surface area contributed by atoms with Crippen molar-refractivity contribution >= 4 is 28.5 Å². The van der Waals surface area contributed by atoms with Crippen LogP contribution < -0.4 is 11.0 Å². The molecule has 0 aliphatic carbocycles. The van der Waals surface area contributed by atoms with E-state index in [0.29, 0.717) is 5.52 Å². The molecule has 3 aromatic rings. The van der Waals surface area contributed by atoms with Gasteiger partial charge in [0.2, 0.25) is 11.8 Å². The summed E-state index contributed by atoms with van der Waals surface area (Å²) < 4.78 is 2.94. The first-order chi connectivity index (χ1) is 13.3. The van der Waals surface area contributed by atoms with Gasteiger partial charge >= 0.3 is 5.69 Å². The Morgan fingerprint density at radius 1 is 1.07 bits per heavy atom. The fraction of sp³-hybridized carbons (Fsp3) is 0.286. The van der Waals surface area contributed by atoms with Gasteiger partial charge in [-0.1, -0.05) is 24.3 Å². The summed E-state index contributed by atoms with van der Waals surface area (Å²) in [5.41, 5.74) is 3.92. The minimum absolute atomic E-state index is 0.0915. The van der Waals surface area contributed by atoms with Gasteiger partial charge in [0.1, 0.15) is 6.54 Å². The quantitative estimate of drug-likeness (QED) is 0.736. The van der Waals surface area contributed by atoms with Gasteiger partial charge in [0.05, 0.1) is 17.6 Å². The van der Waals surface area contributed by atoms with E-state index in [4.69, 9.17) is 0 Å². The van der Waals surface area contributed by atoms with E-state index < -0.39 is 0 Å². The number of nitrogens with one attached hydrogen (secondary N) is 1. The summed E-state index contributed by atoms with van der Waals surface area (Å²) in [7, 11) is 3.23. The van der Waals surface area contributed by atoms with Gasteiger partial charge in [0.15, 0.2) is 0 Å². The minimum atomic E-state index is -0.311. The molecule has 1 aromatic heterocycles. The van der Waals surface area contributed by atoms with E-state index in [0.717, 1.165) is 22.3 Å². The topological polar surface area (TPSA) is 76.3 Å². The Hall–Kier alpha value is -3.35. The van der Waals surface area contributed by atoms with Gasteiger partial charge < -0.3 is 10.2 Å². The van der Waals surface area contributed by atoms with Crippen molar-refractivity contribution in [2.75, 3.05) is 18.9 Å². The van der Waals surface area contributed by atoms with Crippen LogP contribution in [0.25, 0.3) is 11.0 Å². The SMILES string of the molecule is Cc1ccc(C)c(NC(=O)CN(C)C(=O)Cn2c(=O)n(C)c3ccccc32)c1. The lowest BCUT2D eigenvalue weighted by molar-refractivity contribution is -0.133. The molecule has 0 atom stereocenters. The Bertz CT molecular complexity index is 1110. The highest BCUT2D eigenvalue weighted by atomic mass is 16.2. The third kappa shape index (κ3) is 3.83. The van der Waals surface area contributed by atoms with Crippen molar-refractivity contribution in [3.63, 3.8) is 0 Å². The number of fused-ring (bicyclic) bond motifs is 1. The maximum atomic E-state index is 12.6. The van der Waals surface area contributed by atoms with E-state index >= 15 is 0 Å². The molecule has 0 saturated heterocycles. The van der Waals surface area contributed by atoms with Crippen molar-refractivity contribution in [1.82, 2.24) is 14.0 Å². The number of imidazole rings is 1. The molecule has 0 aliphatic heterocycles. The molecule has 0 unspecified atom stereocenters. The van der Waals surface area contributed by atoms with Crippen LogP contribution in [0.5, 0.6) is 0 Å². The van der Waals surface area contributed by atoms with Crippen molar-refractivity contribution in [2.24, 2.45) is 7.05 Å². The highest BCUT2D eigenvalue weighted by molar-refractivity contribution is 5.95. The number of aryl methyl sites for hydroxylation is 3. The van der Waals surface area contributed by atoms with Crippen LogP contribution in [0.3, 0.4) is 0 Å². The zero-order chi connectivity index (χ0) is 20.4. The van der Waals surface area contributed by atoms with Crippen LogP contribution in [-0.2, 0) is 23.2 Å². The van der Waals surface area contributed by atoms with E-state index in [9.17, 15) is 14.4 Å². The van der Waals surface area contributed by atoms with Crippen LogP contribution in [0.2, 0.25) is 0 Å². The maximum absolute atomic E-state index is 12.6. The number of benzene rings is 2. The summed E-state index contributed by atoms with van der Waals surface area (Å²) in [5, 5.41) is 2.84. The molecule has 146 valence electrons. The molecule has 7 heteroatoms. The van der Waals surface area contributed by atoms with Gasteiger partial charge in [0.25, 0.3) is 0 Å². The van der Waals surface area contributed by atoms with E-state index in [1.807, 2.05) is 50.2 Å². The number of hydrogen-bond acceptors (Lipinski definition) is 3. The highest BCUT2D eigenvalue weighted by Crippen LogP contribution is 2.16. The standard InChI is InChI=1S/C21H24N4O3/c1-14-9-10-15(2)16(11-14)22-19(26)12-23(3)20(27)13-25-18-8-6-5-7-17(18)24(4)21(25)28/h5-11H,12-13H2,1-4H3,(H,22,26). The van der Waals surface area contributed by atoms with Crippen LogP contribution >= 0.6 is 0 Å². The molecule has 0 fully saturated rings. The van der Waals surface area contributed by atoms with Gasteiger partial charge in [-0.3, -0.25) is 18.7 Å². The molecule has 1 heterocycles. The third-order valence-electron chi connectivity index (χ3n) is 4.82. The number of carbonyl (C=O) groups excluding carboxylic acids is 2. The summed E-state index contributed by atoms with van der Waals surface area (Å²) >= 11 is 0. The summed E-state index contributed by atoms with van der Waals surface area (Å²) in [6.07, 6.45) is 0. The Labute approximate surface area is 163 Å². The van der Waals surface area contributed by atoms with Crippen LogP contribution in [0.1, 0.15) is 11.1 Å². The monoisotopic (exact) mass is 380 g/mol. The summed E-state index contributed by atoms with van der Waals surface area (Å²) in [6, 6.07) is 13.1. The van der Waals surface area contributed by atoms with Crippen LogP contribution in [0.4, 0.5) is 5.69 Å². The van der Waals surface area contributed by atoms with Crippen molar-refractivity contribution in [3.8, 4) is 0 Å². The normalized spacial score (nSPS) is 10.9. The first-order valence-corrected chi connectivity index (χ1v) is 9.03. The molecule has 28 heavy (non-hydrogen) atoms. The largest absolute Gasteiger partial charge is 0.335 e. The van der Waals surface area contributed by atoms with Crippen molar-refractivity contribution < 1.29 is 9.59 Å². The van der Waals surface area contributed by atoms with Gasteiger partial charge in [-0.15, -0.1) is 0 Å². The Morgan fingerprint density at radius 2 is 1.75 bits per heavy atom. The van der Waals surface area contributed by atoms with Crippen molar-refractivity contribution in [3.05, 3.63) is 64.1 Å². The Balaban J connectivity index is 1.70. The second kappa shape index (κ2) is 7.72. The Morgan fingerprint density at radius 3 is 2.46 bits per heavy atom. The Kier molecular flexibility index (Phi) is 5.35. The smallest absolute Gasteiger partial charge is 0.329 e. The molecular formula is C21H24N4O3. The fourth-order valence-corrected chi connectivity index (χ4v) is 3.14. The molecule has 1 N–H and O–H groups in total. The third-order valence-corrected chi connectivity index (χ3v) is 4.82. The molecule has 0 saturated carbocycles. The number of para-hydroxylation sites is 2. The maximum Gasteiger partial charge on any atom is 0.329 e. The second-order valence-electron chi connectivity index (χ2n) is 7.03. The number of aromatic nitrogens is 2. The molecular weight excluding hydrogens is 356 g/mol. The zero-order valence-corrected chi connectivity index (χ0v) is 16.5. The average molecular weight is 380 g/mol. The van der Waals surface area contributed by atoms with Crippen LogP contribution in [-0.4, -0.2) is 39.4 Å². The van der Waals surface area contributed by atoms with Crippen LogP contribution in [0.15, 0.2) is 47.3 Å². The first-order valence-electron chi connectivity index (χ1n) is 9.03. The van der Waals surface area contributed by atoms with Gasteiger partial charge in [-0.05, 0) is 43.2 Å². The number of likely N-dealkylation sites (N-methyl/N-ethyl adjacent to an activating group) is 1. The first kappa shape index (κ1) is 19.4. The number of amides is 2. The molecule has 0 radical (unpaired) electrons. The molecule has 0 aliphatic rings. The zero-order valence-electron chi connectivity index (χ0n) is 16.5. The molecule has 3 rings (SSSR count). The predicted octanol–water partition coefficient (Wildman–Crippen LogP) is 2.05. The van der Waals surface area contributed by atoms with Crippen LogP contribution in [0, 0.1) is 13.8 Å². The number of anilines is 1. The number of carbonyl (C=O) groups is 2. The summed E-state index contributed by atoms with van der Waals surface area (Å²) in [6.45, 7) is 3.66. The summed E-state index contributed by atoms with van der Waals surface area (Å²) in [5.74, 6) is -0.593. The van der Waals surface area contributed by atoms with Gasteiger partial charge in [-0.25, -0.2) is 4.79 Å². The summed E-state index contributed by atoms with van der Waals surface area (Å²) in [4.78, 5) is 38.7. The number of nitrogens with zero attached hydrogens (tertiary/aromatic N) is 3. The minimum Gasteiger partial charge on any atom is -0.335 e. The molecule has 2 aromatic carbocycles. The molecule has 7 nitrogen and oxygen atoms in total. The number of rotatable bonds is 5. The second-order valence-corrected chi connectivity index (χ2v) is 7.03. The van der Waals surface area contributed by atoms with E-state index in [1.165, 1.54) is 14.0 Å². The average Bonchev–Trinajstić information content (AvgIpc) is 2.90. The predicted molar refractivity (Wildman–Crippen MR) is 109 cm³/mol. The van der Waals surface area contributed by atoms with Gasteiger partial charge in [-0.2, -0.15) is 0 Å².